The molecule has 0 aromatic heterocycles. The second kappa shape index (κ2) is 7.70. The van der Waals surface area contributed by atoms with Gasteiger partial charge < -0.3 is 10.6 Å². The highest BCUT2D eigenvalue weighted by Gasteiger charge is 2.25. The van der Waals surface area contributed by atoms with Crippen LogP contribution in [-0.2, 0) is 4.79 Å². The molecule has 2 N–H and O–H groups in total. The first-order chi connectivity index (χ1) is 8.19. The van der Waals surface area contributed by atoms with Crippen molar-refractivity contribution in [3.63, 3.8) is 0 Å². The first-order valence-electron chi connectivity index (χ1n) is 7.22. The van der Waals surface area contributed by atoms with Gasteiger partial charge in [0.2, 0.25) is 5.91 Å². The second-order valence-corrected chi connectivity index (χ2v) is 5.29. The largest absolute Gasteiger partial charge is 0.343 e. The minimum atomic E-state index is 0.248. The molecule has 1 rings (SSSR count). The summed E-state index contributed by atoms with van der Waals surface area (Å²) in [6.45, 7) is 6.05. The van der Waals surface area contributed by atoms with E-state index in [0.717, 1.165) is 38.8 Å². The molecule has 0 bridgehead atoms. The number of amides is 1. The van der Waals surface area contributed by atoms with Crippen molar-refractivity contribution in [2.75, 3.05) is 13.1 Å². The Kier molecular flexibility index (Phi) is 6.56. The van der Waals surface area contributed by atoms with E-state index in [1.165, 1.54) is 12.8 Å². The van der Waals surface area contributed by atoms with Gasteiger partial charge in [0.1, 0.15) is 0 Å². The molecule has 0 aromatic rings. The van der Waals surface area contributed by atoms with Crippen LogP contribution in [0.5, 0.6) is 0 Å². The summed E-state index contributed by atoms with van der Waals surface area (Å²) >= 11 is 0. The molecule has 17 heavy (non-hydrogen) atoms. The molecule has 2 unspecified atom stereocenters. The van der Waals surface area contributed by atoms with E-state index < -0.39 is 0 Å². The Hall–Kier alpha value is -0.570. The Labute approximate surface area is 106 Å². The van der Waals surface area contributed by atoms with Crippen LogP contribution in [0, 0.1) is 5.92 Å². The maximum absolute atomic E-state index is 12.2. The van der Waals surface area contributed by atoms with E-state index in [1.54, 1.807) is 0 Å². The van der Waals surface area contributed by atoms with Crippen LogP contribution in [0.1, 0.15) is 58.8 Å². The first kappa shape index (κ1) is 14.5. The lowest BCUT2D eigenvalue weighted by Gasteiger charge is -2.30. The summed E-state index contributed by atoms with van der Waals surface area (Å²) in [5.74, 6) is 0.739. The summed E-state index contributed by atoms with van der Waals surface area (Å²) in [4.78, 5) is 14.2. The van der Waals surface area contributed by atoms with Crippen LogP contribution in [0.25, 0.3) is 0 Å². The topological polar surface area (TPSA) is 46.3 Å². The molecule has 0 heterocycles. The molecule has 0 spiro atoms. The number of nitrogens with zero attached hydrogens (tertiary/aromatic N) is 1. The molecule has 1 aliphatic carbocycles. The third kappa shape index (κ3) is 4.66. The van der Waals surface area contributed by atoms with Crippen LogP contribution in [0.15, 0.2) is 0 Å². The van der Waals surface area contributed by atoms with Gasteiger partial charge in [0.15, 0.2) is 0 Å². The highest BCUT2D eigenvalue weighted by Crippen LogP contribution is 2.26. The van der Waals surface area contributed by atoms with E-state index in [1.807, 2.05) is 4.90 Å². The molecule has 1 saturated carbocycles. The Morgan fingerprint density at radius 2 is 1.76 bits per heavy atom. The van der Waals surface area contributed by atoms with Crippen molar-refractivity contribution in [2.45, 2.75) is 64.8 Å². The van der Waals surface area contributed by atoms with Crippen molar-refractivity contribution < 1.29 is 4.79 Å². The summed E-state index contributed by atoms with van der Waals surface area (Å²) in [6, 6.07) is 0.248. The Morgan fingerprint density at radius 1 is 1.18 bits per heavy atom. The summed E-state index contributed by atoms with van der Waals surface area (Å²) in [5.41, 5.74) is 6.10. The molecular weight excluding hydrogens is 212 g/mol. The molecule has 3 heteroatoms. The lowest BCUT2D eigenvalue weighted by atomic mass is 9.82. The average molecular weight is 240 g/mol. The summed E-state index contributed by atoms with van der Waals surface area (Å²) in [7, 11) is 0. The Bertz CT molecular complexity index is 224. The standard InChI is InChI=1S/C14H28N2O/c1-3-9-16(10-4-2)14(17)11-12-7-5-6-8-13(12)15/h12-13H,3-11,15H2,1-2H3. The van der Waals surface area contributed by atoms with Gasteiger partial charge >= 0.3 is 0 Å². The fraction of sp³-hybridized carbons (Fsp3) is 0.929. The van der Waals surface area contributed by atoms with Gasteiger partial charge in [-0.2, -0.15) is 0 Å². The van der Waals surface area contributed by atoms with Crippen molar-refractivity contribution in [1.82, 2.24) is 4.90 Å². The van der Waals surface area contributed by atoms with E-state index in [-0.39, 0.29) is 6.04 Å². The number of nitrogens with two attached hydrogens (primary N) is 1. The van der Waals surface area contributed by atoms with Crippen molar-refractivity contribution in [2.24, 2.45) is 11.7 Å². The predicted octanol–water partition coefficient (Wildman–Crippen LogP) is 2.54. The van der Waals surface area contributed by atoms with E-state index in [4.69, 9.17) is 5.73 Å². The van der Waals surface area contributed by atoms with Gasteiger partial charge in [-0.1, -0.05) is 26.7 Å². The van der Waals surface area contributed by atoms with Crippen LogP contribution < -0.4 is 5.73 Å². The summed E-state index contributed by atoms with van der Waals surface area (Å²) in [5, 5.41) is 0. The van der Waals surface area contributed by atoms with Crippen LogP contribution in [-0.4, -0.2) is 29.9 Å². The SMILES string of the molecule is CCCN(CCC)C(=O)CC1CCCCC1N. The third-order valence-corrected chi connectivity index (χ3v) is 3.74. The van der Waals surface area contributed by atoms with Crippen LogP contribution in [0.2, 0.25) is 0 Å². The molecule has 0 aliphatic heterocycles. The minimum absolute atomic E-state index is 0.248. The number of hydrogen-bond acceptors (Lipinski definition) is 2. The number of hydrogen-bond donors (Lipinski definition) is 1. The lowest BCUT2D eigenvalue weighted by Crippen LogP contribution is -2.39. The fourth-order valence-corrected chi connectivity index (χ4v) is 2.74. The predicted molar refractivity (Wildman–Crippen MR) is 71.7 cm³/mol. The minimum Gasteiger partial charge on any atom is -0.343 e. The molecule has 0 aromatic carbocycles. The van der Waals surface area contributed by atoms with Gasteiger partial charge in [-0.3, -0.25) is 4.79 Å². The highest BCUT2D eigenvalue weighted by molar-refractivity contribution is 5.76. The average Bonchev–Trinajstić information content (AvgIpc) is 2.32. The maximum Gasteiger partial charge on any atom is 0.222 e. The van der Waals surface area contributed by atoms with Crippen molar-refractivity contribution in [1.29, 1.82) is 0 Å². The molecule has 2 atom stereocenters. The van der Waals surface area contributed by atoms with Crippen LogP contribution >= 0.6 is 0 Å². The quantitative estimate of drug-likeness (QED) is 0.775. The highest BCUT2D eigenvalue weighted by atomic mass is 16.2. The van der Waals surface area contributed by atoms with Crippen molar-refractivity contribution in [3.05, 3.63) is 0 Å². The third-order valence-electron chi connectivity index (χ3n) is 3.74. The molecule has 1 aliphatic rings. The molecule has 0 radical (unpaired) electrons. The van der Waals surface area contributed by atoms with Crippen molar-refractivity contribution >= 4 is 5.91 Å². The number of carbonyl (C=O) groups is 1. The van der Waals surface area contributed by atoms with Crippen LogP contribution in [0.3, 0.4) is 0 Å². The summed E-state index contributed by atoms with van der Waals surface area (Å²) < 4.78 is 0. The van der Waals surface area contributed by atoms with E-state index in [0.29, 0.717) is 18.2 Å². The number of carbonyl (C=O) groups excluding carboxylic acids is 1. The molecule has 1 amide bonds. The van der Waals surface area contributed by atoms with Crippen LogP contribution in [0.4, 0.5) is 0 Å². The van der Waals surface area contributed by atoms with Gasteiger partial charge in [0.05, 0.1) is 0 Å². The van der Waals surface area contributed by atoms with Gasteiger partial charge in [-0.05, 0) is 31.6 Å². The smallest absolute Gasteiger partial charge is 0.222 e. The molecule has 1 fully saturated rings. The number of rotatable bonds is 6. The molecular formula is C14H28N2O. The molecule has 3 nitrogen and oxygen atoms in total. The molecule has 0 saturated heterocycles. The van der Waals surface area contributed by atoms with Gasteiger partial charge in [-0.25, -0.2) is 0 Å². The van der Waals surface area contributed by atoms with Crippen molar-refractivity contribution in [3.8, 4) is 0 Å². The first-order valence-corrected chi connectivity index (χ1v) is 7.22. The van der Waals surface area contributed by atoms with Gasteiger partial charge in [0, 0.05) is 25.6 Å². The van der Waals surface area contributed by atoms with E-state index in [2.05, 4.69) is 13.8 Å². The Balaban J connectivity index is 2.44. The normalized spacial score (nSPS) is 24.6. The monoisotopic (exact) mass is 240 g/mol. The summed E-state index contributed by atoms with van der Waals surface area (Å²) in [6.07, 6.45) is 7.47. The zero-order valence-electron chi connectivity index (χ0n) is 11.5. The molecule has 100 valence electrons. The maximum atomic E-state index is 12.2. The fourth-order valence-electron chi connectivity index (χ4n) is 2.74. The van der Waals surface area contributed by atoms with Gasteiger partial charge in [-0.15, -0.1) is 0 Å². The van der Waals surface area contributed by atoms with Gasteiger partial charge in [0.25, 0.3) is 0 Å². The van der Waals surface area contributed by atoms with E-state index >= 15 is 0 Å². The van der Waals surface area contributed by atoms with E-state index in [9.17, 15) is 4.79 Å². The lowest BCUT2D eigenvalue weighted by molar-refractivity contribution is -0.132. The Morgan fingerprint density at radius 3 is 2.29 bits per heavy atom. The zero-order valence-corrected chi connectivity index (χ0v) is 11.5. The zero-order chi connectivity index (χ0) is 12.7. The second-order valence-electron chi connectivity index (χ2n) is 5.29.